The van der Waals surface area contributed by atoms with E-state index in [1.165, 1.54) is 6.07 Å². The van der Waals surface area contributed by atoms with Crippen LogP contribution in [0.2, 0.25) is 5.02 Å². The summed E-state index contributed by atoms with van der Waals surface area (Å²) in [5.74, 6) is 0.900. The summed E-state index contributed by atoms with van der Waals surface area (Å²) < 4.78 is 15.5. The van der Waals surface area contributed by atoms with Gasteiger partial charge in [-0.2, -0.15) is 0 Å². The van der Waals surface area contributed by atoms with E-state index < -0.39 is 5.82 Å². The zero-order chi connectivity index (χ0) is 14.2. The van der Waals surface area contributed by atoms with Crippen molar-refractivity contribution in [3.05, 3.63) is 34.9 Å². The summed E-state index contributed by atoms with van der Waals surface area (Å²) in [7, 11) is 0. The minimum absolute atomic E-state index is 0.0709. The first kappa shape index (κ1) is 14.5. The lowest BCUT2D eigenvalue weighted by Crippen LogP contribution is -2.24. The van der Waals surface area contributed by atoms with Crippen LogP contribution in [0.15, 0.2) is 18.2 Å². The van der Waals surface area contributed by atoms with Crippen molar-refractivity contribution in [2.24, 2.45) is 0 Å². The maximum absolute atomic E-state index is 13.6. The van der Waals surface area contributed by atoms with E-state index in [1.807, 2.05) is 25.3 Å². The Kier molecular flexibility index (Phi) is 3.97. The molecular weight excluding hydrogens is 333 g/mol. The van der Waals surface area contributed by atoms with Gasteiger partial charge in [-0.05, 0) is 32.9 Å². The SMILES string of the molecule is CC(C)(C)n1c(CBr)nnc1-c1cccc(F)c1Cl. The summed E-state index contributed by atoms with van der Waals surface area (Å²) in [5.41, 5.74) is 0.328. The zero-order valence-corrected chi connectivity index (χ0v) is 13.3. The fraction of sp³-hybridized carbons (Fsp3) is 0.385. The normalized spacial score (nSPS) is 11.9. The maximum atomic E-state index is 13.6. The van der Waals surface area contributed by atoms with E-state index in [4.69, 9.17) is 11.6 Å². The summed E-state index contributed by atoms with van der Waals surface area (Å²) in [4.78, 5) is 0. The Hall–Kier alpha value is -0.940. The van der Waals surface area contributed by atoms with Crippen molar-refractivity contribution in [2.45, 2.75) is 31.6 Å². The van der Waals surface area contributed by atoms with Gasteiger partial charge in [0.2, 0.25) is 0 Å². The molecule has 0 amide bonds. The smallest absolute Gasteiger partial charge is 0.166 e. The van der Waals surface area contributed by atoms with Crippen LogP contribution in [0.3, 0.4) is 0 Å². The van der Waals surface area contributed by atoms with Crippen molar-refractivity contribution >= 4 is 27.5 Å². The highest BCUT2D eigenvalue weighted by molar-refractivity contribution is 9.08. The first-order valence-electron chi connectivity index (χ1n) is 5.81. The molecule has 0 aliphatic carbocycles. The van der Waals surface area contributed by atoms with E-state index in [-0.39, 0.29) is 10.6 Å². The third kappa shape index (κ3) is 2.67. The second kappa shape index (κ2) is 5.21. The molecule has 2 rings (SSSR count). The lowest BCUT2D eigenvalue weighted by Gasteiger charge is -2.24. The van der Waals surface area contributed by atoms with E-state index in [0.29, 0.717) is 16.7 Å². The molecule has 0 spiro atoms. The Labute approximate surface area is 124 Å². The van der Waals surface area contributed by atoms with Crippen LogP contribution in [0, 0.1) is 5.82 Å². The molecule has 0 aliphatic heterocycles. The largest absolute Gasteiger partial charge is 0.305 e. The van der Waals surface area contributed by atoms with Crippen LogP contribution in [0.25, 0.3) is 11.4 Å². The third-order valence-electron chi connectivity index (χ3n) is 2.71. The van der Waals surface area contributed by atoms with Crippen LogP contribution in [-0.2, 0) is 10.9 Å². The van der Waals surface area contributed by atoms with Gasteiger partial charge in [-0.25, -0.2) is 4.39 Å². The highest BCUT2D eigenvalue weighted by atomic mass is 79.9. The highest BCUT2D eigenvalue weighted by Crippen LogP contribution is 2.32. The molecule has 102 valence electrons. The Morgan fingerprint density at radius 3 is 2.58 bits per heavy atom. The molecule has 19 heavy (non-hydrogen) atoms. The summed E-state index contributed by atoms with van der Waals surface area (Å²) >= 11 is 9.42. The van der Waals surface area contributed by atoms with Gasteiger partial charge >= 0.3 is 0 Å². The molecule has 6 heteroatoms. The second-order valence-corrected chi connectivity index (χ2v) is 6.12. The van der Waals surface area contributed by atoms with E-state index in [1.54, 1.807) is 12.1 Å². The monoisotopic (exact) mass is 345 g/mol. The van der Waals surface area contributed by atoms with Crippen molar-refractivity contribution in [1.82, 2.24) is 14.8 Å². The van der Waals surface area contributed by atoms with Crippen molar-refractivity contribution in [1.29, 1.82) is 0 Å². The Balaban J connectivity index is 2.70. The van der Waals surface area contributed by atoms with Gasteiger partial charge in [-0.3, -0.25) is 0 Å². The van der Waals surface area contributed by atoms with Crippen LogP contribution in [-0.4, -0.2) is 14.8 Å². The standard InChI is InChI=1S/C13H14BrClFN3/c1-13(2,3)19-10(7-14)17-18-12(19)8-5-4-6-9(16)11(8)15/h4-6H,7H2,1-3H3. The van der Waals surface area contributed by atoms with Gasteiger partial charge in [-0.15, -0.1) is 10.2 Å². The van der Waals surface area contributed by atoms with Gasteiger partial charge in [-0.1, -0.05) is 33.6 Å². The zero-order valence-electron chi connectivity index (χ0n) is 10.9. The number of hydrogen-bond donors (Lipinski definition) is 0. The fourth-order valence-electron chi connectivity index (χ4n) is 1.96. The molecule has 0 bridgehead atoms. The molecule has 3 nitrogen and oxygen atoms in total. The highest BCUT2D eigenvalue weighted by Gasteiger charge is 2.25. The fourth-order valence-corrected chi connectivity index (χ4v) is 2.53. The lowest BCUT2D eigenvalue weighted by molar-refractivity contribution is 0.391. The number of nitrogens with zero attached hydrogens (tertiary/aromatic N) is 3. The topological polar surface area (TPSA) is 30.7 Å². The van der Waals surface area contributed by atoms with Crippen LogP contribution in [0.4, 0.5) is 4.39 Å². The molecule has 2 aromatic rings. The predicted octanol–water partition coefficient (Wildman–Crippen LogP) is 4.39. The molecule has 0 radical (unpaired) electrons. The molecule has 1 aromatic carbocycles. The average Bonchev–Trinajstić information content (AvgIpc) is 2.76. The van der Waals surface area contributed by atoms with Crippen LogP contribution >= 0.6 is 27.5 Å². The molecule has 0 N–H and O–H groups in total. The molecule has 0 saturated heterocycles. The number of alkyl halides is 1. The van der Waals surface area contributed by atoms with Crippen molar-refractivity contribution in [3.63, 3.8) is 0 Å². The number of rotatable bonds is 2. The number of halogens is 3. The maximum Gasteiger partial charge on any atom is 0.166 e. The van der Waals surface area contributed by atoms with Crippen molar-refractivity contribution in [3.8, 4) is 11.4 Å². The molecular formula is C13H14BrClFN3. The van der Waals surface area contributed by atoms with Gasteiger partial charge < -0.3 is 4.57 Å². The van der Waals surface area contributed by atoms with Crippen LogP contribution in [0.1, 0.15) is 26.6 Å². The Bertz CT molecular complexity index is 604. The van der Waals surface area contributed by atoms with Crippen molar-refractivity contribution < 1.29 is 4.39 Å². The Morgan fingerprint density at radius 2 is 2.00 bits per heavy atom. The van der Waals surface area contributed by atoms with Gasteiger partial charge in [0.1, 0.15) is 11.6 Å². The van der Waals surface area contributed by atoms with E-state index in [0.717, 1.165) is 5.82 Å². The number of benzene rings is 1. The summed E-state index contributed by atoms with van der Waals surface area (Å²) in [6.45, 7) is 6.12. The van der Waals surface area contributed by atoms with E-state index in [9.17, 15) is 4.39 Å². The molecule has 1 aromatic heterocycles. The average molecular weight is 347 g/mol. The summed E-state index contributed by atoms with van der Waals surface area (Å²) in [6.07, 6.45) is 0. The molecule has 0 unspecified atom stereocenters. The number of hydrogen-bond acceptors (Lipinski definition) is 2. The molecule has 0 saturated carbocycles. The second-order valence-electron chi connectivity index (χ2n) is 5.18. The van der Waals surface area contributed by atoms with Crippen LogP contribution < -0.4 is 0 Å². The molecule has 0 atom stereocenters. The summed E-state index contributed by atoms with van der Waals surface area (Å²) in [5, 5.41) is 8.94. The predicted molar refractivity (Wildman–Crippen MR) is 78.1 cm³/mol. The lowest BCUT2D eigenvalue weighted by atomic mass is 10.1. The molecule has 1 heterocycles. The van der Waals surface area contributed by atoms with Gasteiger partial charge in [0.05, 0.1) is 10.4 Å². The van der Waals surface area contributed by atoms with Gasteiger partial charge in [0, 0.05) is 11.1 Å². The summed E-state index contributed by atoms with van der Waals surface area (Å²) in [6, 6.07) is 4.69. The molecule has 0 aliphatic rings. The molecule has 0 fully saturated rings. The Morgan fingerprint density at radius 1 is 1.32 bits per heavy atom. The van der Waals surface area contributed by atoms with E-state index >= 15 is 0 Å². The first-order valence-corrected chi connectivity index (χ1v) is 7.31. The minimum atomic E-state index is -0.456. The number of aromatic nitrogens is 3. The third-order valence-corrected chi connectivity index (χ3v) is 3.60. The minimum Gasteiger partial charge on any atom is -0.305 e. The van der Waals surface area contributed by atoms with Crippen LogP contribution in [0.5, 0.6) is 0 Å². The van der Waals surface area contributed by atoms with Gasteiger partial charge in [0.15, 0.2) is 5.82 Å². The van der Waals surface area contributed by atoms with Crippen molar-refractivity contribution in [2.75, 3.05) is 0 Å². The first-order chi connectivity index (χ1) is 8.86. The quantitative estimate of drug-likeness (QED) is 0.755. The van der Waals surface area contributed by atoms with Gasteiger partial charge in [0.25, 0.3) is 0 Å². The van der Waals surface area contributed by atoms with E-state index in [2.05, 4.69) is 26.1 Å².